The quantitative estimate of drug-likeness (QED) is 0.642. The average Bonchev–Trinajstić information content (AvgIpc) is 2.32. The number of phenolic OH excluding ortho intramolecular Hbond substituents is 1. The number of nitrogens with two attached hydrogens (primary N) is 1. The molecule has 0 unspecified atom stereocenters. The maximum Gasteiger partial charge on any atom is 0.208 e. The highest BCUT2D eigenvalue weighted by atomic mass is 32.2. The van der Waals surface area contributed by atoms with Crippen molar-refractivity contribution in [3.05, 3.63) is 48.0 Å². The lowest BCUT2D eigenvalue weighted by Gasteiger charge is -2.08. The Morgan fingerprint density at radius 3 is 2.28 bits per heavy atom. The first-order valence-corrected chi connectivity index (χ1v) is 6.80. The molecule has 5 heteroatoms. The highest BCUT2D eigenvalue weighted by Crippen LogP contribution is 2.28. The number of aromatic hydroxyl groups is 1. The van der Waals surface area contributed by atoms with Crippen LogP contribution < -0.4 is 5.73 Å². The van der Waals surface area contributed by atoms with Gasteiger partial charge in [-0.15, -0.1) is 0 Å². The molecule has 0 saturated heterocycles. The van der Waals surface area contributed by atoms with E-state index in [0.717, 1.165) is 11.6 Å². The van der Waals surface area contributed by atoms with Gasteiger partial charge >= 0.3 is 0 Å². The molecule has 3 N–H and O–H groups in total. The molecule has 0 amide bonds. The molecule has 0 aromatic heterocycles. The smallest absolute Gasteiger partial charge is 0.208 e. The lowest BCUT2D eigenvalue weighted by atomic mass is 10.2. The van der Waals surface area contributed by atoms with Crippen molar-refractivity contribution < 1.29 is 13.5 Å². The fourth-order valence-corrected chi connectivity index (χ4v) is 3.00. The van der Waals surface area contributed by atoms with Crippen LogP contribution in [-0.2, 0) is 9.84 Å². The van der Waals surface area contributed by atoms with Gasteiger partial charge < -0.3 is 10.8 Å². The Labute approximate surface area is 106 Å². The zero-order chi connectivity index (χ0) is 13.3. The summed E-state index contributed by atoms with van der Waals surface area (Å²) in [6, 6.07) is 10.4. The van der Waals surface area contributed by atoms with Crippen molar-refractivity contribution in [3.63, 3.8) is 0 Å². The summed E-state index contributed by atoms with van der Waals surface area (Å²) in [6.07, 6.45) is 0. The van der Waals surface area contributed by atoms with Crippen LogP contribution in [0.25, 0.3) is 0 Å². The van der Waals surface area contributed by atoms with Crippen molar-refractivity contribution in [2.24, 2.45) is 0 Å². The molecule has 0 fully saturated rings. The summed E-state index contributed by atoms with van der Waals surface area (Å²) in [5.74, 6) is -0.130. The minimum atomic E-state index is -3.69. The van der Waals surface area contributed by atoms with E-state index in [0.29, 0.717) is 0 Å². The maximum absolute atomic E-state index is 12.3. The van der Waals surface area contributed by atoms with Crippen LogP contribution in [0.1, 0.15) is 5.56 Å². The number of benzene rings is 2. The van der Waals surface area contributed by atoms with E-state index in [4.69, 9.17) is 5.73 Å². The van der Waals surface area contributed by atoms with Gasteiger partial charge in [0.05, 0.1) is 15.5 Å². The molecule has 0 saturated carbocycles. The zero-order valence-corrected chi connectivity index (χ0v) is 10.6. The molecule has 18 heavy (non-hydrogen) atoms. The summed E-state index contributed by atoms with van der Waals surface area (Å²) in [6.45, 7) is 1.87. The van der Waals surface area contributed by atoms with Gasteiger partial charge in [0.15, 0.2) is 0 Å². The molecule has 0 bridgehead atoms. The summed E-state index contributed by atoms with van der Waals surface area (Å²) in [5, 5.41) is 9.37. The summed E-state index contributed by atoms with van der Waals surface area (Å²) < 4.78 is 24.7. The largest absolute Gasteiger partial charge is 0.508 e. The summed E-state index contributed by atoms with van der Waals surface area (Å²) in [4.78, 5) is 0.0803. The van der Waals surface area contributed by atoms with Crippen LogP contribution in [0.5, 0.6) is 5.75 Å². The standard InChI is InChI=1S/C13H13NO3S/c1-9-2-5-11(6-3-9)18(16,17)13-8-10(15)4-7-12(13)14/h2-8,15H,14H2,1H3. The van der Waals surface area contributed by atoms with E-state index in [1.54, 1.807) is 12.1 Å². The molecule has 0 spiro atoms. The van der Waals surface area contributed by atoms with Crippen LogP contribution in [0.3, 0.4) is 0 Å². The van der Waals surface area contributed by atoms with Gasteiger partial charge in [0.1, 0.15) is 5.75 Å². The third-order valence-electron chi connectivity index (χ3n) is 2.62. The molecule has 2 aromatic carbocycles. The summed E-state index contributed by atoms with van der Waals surface area (Å²) >= 11 is 0. The second-order valence-corrected chi connectivity index (χ2v) is 5.96. The Morgan fingerprint density at radius 2 is 1.67 bits per heavy atom. The number of phenols is 1. The van der Waals surface area contributed by atoms with Crippen molar-refractivity contribution in [2.45, 2.75) is 16.7 Å². The molecule has 0 radical (unpaired) electrons. The number of nitrogen functional groups attached to an aromatic ring is 1. The Bertz CT molecular complexity index is 676. The average molecular weight is 263 g/mol. The molecule has 0 aliphatic rings. The van der Waals surface area contributed by atoms with E-state index >= 15 is 0 Å². The molecule has 0 aliphatic heterocycles. The Kier molecular flexibility index (Phi) is 3.00. The van der Waals surface area contributed by atoms with E-state index in [-0.39, 0.29) is 21.2 Å². The van der Waals surface area contributed by atoms with E-state index in [1.165, 1.54) is 24.3 Å². The normalized spacial score (nSPS) is 11.4. The number of rotatable bonds is 2. The Hall–Kier alpha value is -2.01. The number of aryl methyl sites for hydroxylation is 1. The molecular weight excluding hydrogens is 250 g/mol. The second kappa shape index (κ2) is 4.34. The summed E-state index contributed by atoms with van der Waals surface area (Å²) in [5.41, 5.74) is 6.74. The number of sulfone groups is 1. The molecule has 0 atom stereocenters. The van der Waals surface area contributed by atoms with Gasteiger partial charge in [-0.2, -0.15) is 0 Å². The Morgan fingerprint density at radius 1 is 1.06 bits per heavy atom. The SMILES string of the molecule is Cc1ccc(S(=O)(=O)c2cc(O)ccc2N)cc1. The van der Waals surface area contributed by atoms with Gasteiger partial charge in [-0.25, -0.2) is 8.42 Å². The number of hydrogen-bond donors (Lipinski definition) is 2. The van der Waals surface area contributed by atoms with Crippen molar-refractivity contribution in [3.8, 4) is 5.75 Å². The highest BCUT2D eigenvalue weighted by molar-refractivity contribution is 7.91. The maximum atomic E-state index is 12.3. The molecule has 2 rings (SSSR count). The first-order chi connectivity index (χ1) is 8.41. The van der Waals surface area contributed by atoms with Crippen LogP contribution in [-0.4, -0.2) is 13.5 Å². The van der Waals surface area contributed by atoms with Crippen molar-refractivity contribution in [2.75, 3.05) is 5.73 Å². The monoisotopic (exact) mass is 263 g/mol. The molecule has 0 aliphatic carbocycles. The predicted molar refractivity (Wildman–Crippen MR) is 69.2 cm³/mol. The van der Waals surface area contributed by atoms with E-state index in [9.17, 15) is 13.5 Å². The van der Waals surface area contributed by atoms with Crippen LogP contribution in [0.2, 0.25) is 0 Å². The number of hydrogen-bond acceptors (Lipinski definition) is 4. The highest BCUT2D eigenvalue weighted by Gasteiger charge is 2.20. The minimum Gasteiger partial charge on any atom is -0.508 e. The molecular formula is C13H13NO3S. The van der Waals surface area contributed by atoms with Crippen LogP contribution in [0, 0.1) is 6.92 Å². The Balaban J connectivity index is 2.61. The minimum absolute atomic E-state index is 0.0775. The predicted octanol–water partition coefficient (Wildman–Crippen LogP) is 2.12. The van der Waals surface area contributed by atoms with E-state index in [1.807, 2.05) is 6.92 Å². The molecule has 94 valence electrons. The topological polar surface area (TPSA) is 80.4 Å². The molecule has 2 aromatic rings. The van der Waals surface area contributed by atoms with Gasteiger partial charge in [-0.05, 0) is 31.2 Å². The lowest BCUT2D eigenvalue weighted by molar-refractivity contribution is 0.473. The summed E-state index contributed by atoms with van der Waals surface area (Å²) in [7, 11) is -3.69. The van der Waals surface area contributed by atoms with Crippen LogP contribution in [0.4, 0.5) is 5.69 Å². The van der Waals surface area contributed by atoms with Crippen molar-refractivity contribution >= 4 is 15.5 Å². The van der Waals surface area contributed by atoms with Crippen LogP contribution >= 0.6 is 0 Å². The molecule has 4 nitrogen and oxygen atoms in total. The van der Waals surface area contributed by atoms with Crippen molar-refractivity contribution in [1.82, 2.24) is 0 Å². The fourth-order valence-electron chi connectivity index (χ4n) is 1.60. The number of anilines is 1. The van der Waals surface area contributed by atoms with Gasteiger partial charge in [-0.3, -0.25) is 0 Å². The second-order valence-electron chi connectivity index (χ2n) is 4.04. The first-order valence-electron chi connectivity index (χ1n) is 5.31. The van der Waals surface area contributed by atoms with E-state index < -0.39 is 9.84 Å². The third kappa shape index (κ3) is 2.17. The van der Waals surface area contributed by atoms with Crippen molar-refractivity contribution in [1.29, 1.82) is 0 Å². The zero-order valence-electron chi connectivity index (χ0n) is 9.79. The first kappa shape index (κ1) is 12.4. The van der Waals surface area contributed by atoms with Gasteiger partial charge in [-0.1, -0.05) is 17.7 Å². The molecule has 0 heterocycles. The van der Waals surface area contributed by atoms with Gasteiger partial charge in [0.2, 0.25) is 9.84 Å². The fraction of sp³-hybridized carbons (Fsp3) is 0.0769. The van der Waals surface area contributed by atoms with Gasteiger partial charge in [0, 0.05) is 6.07 Å². The van der Waals surface area contributed by atoms with Gasteiger partial charge in [0.25, 0.3) is 0 Å². The lowest BCUT2D eigenvalue weighted by Crippen LogP contribution is -2.05. The third-order valence-corrected chi connectivity index (χ3v) is 4.44. The van der Waals surface area contributed by atoms with E-state index in [2.05, 4.69) is 0 Å². The van der Waals surface area contributed by atoms with Crippen LogP contribution in [0.15, 0.2) is 52.3 Å².